The molecule has 0 aliphatic carbocycles. The molecule has 0 spiro atoms. The molecular formula is C70H95ClN14O17. The molecular weight excluding hydrogens is 1340 g/mol. The lowest BCUT2D eigenvalue weighted by molar-refractivity contribution is -0.118. The first-order chi connectivity index (χ1) is 49.0. The summed E-state index contributed by atoms with van der Waals surface area (Å²) in [6.45, 7) is 14.9. The number of aromatic nitrogens is 5. The minimum atomic E-state index is -0.680. The van der Waals surface area contributed by atoms with E-state index in [1.54, 1.807) is 48.8 Å². The second kappa shape index (κ2) is 41.6. The summed E-state index contributed by atoms with van der Waals surface area (Å²) in [5.41, 5.74) is 5.33. The van der Waals surface area contributed by atoms with Crippen LogP contribution in [0.5, 0.6) is 0 Å². The number of aryl methyl sites for hydroxylation is 3. The lowest BCUT2D eigenvalue weighted by Crippen LogP contribution is -2.43. The SMILES string of the molecule is CC(=O)N1c2ccc(-c3ccc(NC(=O)CCOCCOCCOCCOCCOCCOCCOCCOCCNC(=O)c4nc(NC(=O)CCNC(=O)c5cc(NC(=O)c6nc(NC(=O)CCNC(=O)OC(C)(C)C)cn6C)cn5C)cn4C)cc3)cc2[C@H](Nc2ccc(Cl)cc2)C[C@H]1C. The topological polar surface area (TPSA) is 360 Å². The van der Waals surface area contributed by atoms with Gasteiger partial charge in [-0.25, -0.2) is 14.8 Å². The Hall–Kier alpha value is -9.31. The number of nitrogens with one attached hydrogen (secondary N) is 8. The number of halogens is 1. The van der Waals surface area contributed by atoms with E-state index in [9.17, 15) is 38.4 Å². The van der Waals surface area contributed by atoms with Crippen molar-refractivity contribution in [3.8, 4) is 11.1 Å². The van der Waals surface area contributed by atoms with E-state index in [0.717, 1.165) is 34.5 Å². The number of fused-ring (bicyclic) bond motifs is 1. The normalized spacial score (nSPS) is 13.4. The molecule has 8 amide bonds. The van der Waals surface area contributed by atoms with Gasteiger partial charge in [-0.1, -0.05) is 29.8 Å². The van der Waals surface area contributed by atoms with Crippen molar-refractivity contribution in [2.75, 3.05) is 157 Å². The number of rotatable bonds is 43. The van der Waals surface area contributed by atoms with Crippen LogP contribution in [0.3, 0.4) is 0 Å². The van der Waals surface area contributed by atoms with E-state index in [1.165, 1.54) is 38.4 Å². The van der Waals surface area contributed by atoms with Gasteiger partial charge in [0.15, 0.2) is 11.6 Å². The first-order valence-electron chi connectivity index (χ1n) is 33.7. The number of ether oxygens (including phenoxy) is 9. The number of nitrogens with zero attached hydrogens (tertiary/aromatic N) is 6. The molecule has 0 radical (unpaired) electrons. The van der Waals surface area contributed by atoms with E-state index < -0.39 is 41.2 Å². The van der Waals surface area contributed by atoms with Crippen LogP contribution in [0.2, 0.25) is 5.02 Å². The Kier molecular flexibility index (Phi) is 32.6. The van der Waals surface area contributed by atoms with Crippen LogP contribution in [0.25, 0.3) is 11.1 Å². The molecule has 1 aliphatic rings. The first-order valence-corrected chi connectivity index (χ1v) is 34.0. The van der Waals surface area contributed by atoms with Crippen molar-refractivity contribution in [3.63, 3.8) is 0 Å². The van der Waals surface area contributed by atoms with Gasteiger partial charge in [-0.05, 0) is 105 Å². The average Bonchev–Trinajstić information content (AvgIpc) is 1.09. The molecule has 0 saturated heterocycles. The Labute approximate surface area is 598 Å². The van der Waals surface area contributed by atoms with Gasteiger partial charge in [0.25, 0.3) is 17.7 Å². The van der Waals surface area contributed by atoms with Crippen molar-refractivity contribution >= 4 is 93.4 Å². The molecule has 102 heavy (non-hydrogen) atoms. The maximum Gasteiger partial charge on any atom is 0.407 e. The Morgan fingerprint density at radius 2 is 0.961 bits per heavy atom. The molecule has 1 aliphatic heterocycles. The number of benzene rings is 3. The zero-order chi connectivity index (χ0) is 73.4. The van der Waals surface area contributed by atoms with Crippen LogP contribution in [-0.4, -0.2) is 208 Å². The Balaban J connectivity index is 0.612. The Morgan fingerprint density at radius 3 is 1.49 bits per heavy atom. The lowest BCUT2D eigenvalue weighted by atomic mass is 9.89. The maximum absolute atomic E-state index is 13.1. The van der Waals surface area contributed by atoms with Gasteiger partial charge in [-0.15, -0.1) is 0 Å². The summed E-state index contributed by atoms with van der Waals surface area (Å²) < 4.78 is 54.0. The Bertz CT molecular complexity index is 3710. The van der Waals surface area contributed by atoms with Crippen LogP contribution < -0.4 is 47.4 Å². The highest BCUT2D eigenvalue weighted by molar-refractivity contribution is 6.30. The molecule has 32 heteroatoms. The van der Waals surface area contributed by atoms with Crippen molar-refractivity contribution in [1.29, 1.82) is 0 Å². The molecule has 0 saturated carbocycles. The molecule has 554 valence electrons. The smallest absolute Gasteiger partial charge is 0.407 e. The molecule has 3 aromatic heterocycles. The summed E-state index contributed by atoms with van der Waals surface area (Å²) in [6.07, 6.45) is 4.58. The first kappa shape index (κ1) is 80.0. The van der Waals surface area contributed by atoms with Crippen LogP contribution in [0, 0.1) is 0 Å². The van der Waals surface area contributed by atoms with Gasteiger partial charge in [-0.2, -0.15) is 0 Å². The highest BCUT2D eigenvalue weighted by atomic mass is 35.5. The van der Waals surface area contributed by atoms with E-state index in [1.807, 2.05) is 65.6 Å². The number of carbonyl (C=O) groups is 8. The highest BCUT2D eigenvalue weighted by Gasteiger charge is 2.33. The van der Waals surface area contributed by atoms with Gasteiger partial charge in [0.1, 0.15) is 11.3 Å². The zero-order valence-electron chi connectivity index (χ0n) is 59.1. The standard InChI is InChI=1S/C70H95ClN14O17/c1-47-41-56(75-52-16-12-51(71)13-17-52)55-42-50(11-18-57(55)85(47)48(2)86)49-9-14-53(15-10-49)76-63(89)21-25-94-27-29-96-31-33-98-35-37-100-39-40-101-38-36-99-34-32-97-30-28-95-26-24-73-67(91)64-80-59(45-83(64)7)78-61(87)19-22-72-66(90)58-43-54(44-82(58)6)77-68(92)65-81-60(46-84(65)8)79-62(88)20-23-74-69(93)102-70(3,4)5/h9-18,42-47,56,75H,19-41H2,1-8H3,(H,72,90)(H,73,91)(H,74,93)(H,76,89)(H,77,92)(H,78,87)(H,79,88)/t47-,56-/m1/s1. The number of anilines is 6. The van der Waals surface area contributed by atoms with E-state index in [4.69, 9.17) is 54.2 Å². The van der Waals surface area contributed by atoms with Crippen molar-refractivity contribution in [2.24, 2.45) is 21.1 Å². The monoisotopic (exact) mass is 1440 g/mol. The number of alkyl carbamates (subject to hydrolysis) is 1. The van der Waals surface area contributed by atoms with Gasteiger partial charge in [0.05, 0.1) is 124 Å². The third-order valence-corrected chi connectivity index (χ3v) is 15.4. The molecule has 0 fully saturated rings. The second-order valence-electron chi connectivity index (χ2n) is 24.6. The predicted octanol–water partition coefficient (Wildman–Crippen LogP) is 6.87. The third kappa shape index (κ3) is 27.6. The second-order valence-corrected chi connectivity index (χ2v) is 25.0. The van der Waals surface area contributed by atoms with E-state index >= 15 is 0 Å². The Morgan fingerprint density at radius 1 is 0.490 bits per heavy atom. The maximum atomic E-state index is 13.1. The van der Waals surface area contributed by atoms with Gasteiger partial charge in [0, 0.05) is 107 Å². The number of carbonyl (C=O) groups excluding carboxylic acids is 8. The van der Waals surface area contributed by atoms with Gasteiger partial charge >= 0.3 is 6.09 Å². The van der Waals surface area contributed by atoms with Crippen molar-refractivity contribution in [2.45, 2.75) is 78.0 Å². The average molecular weight is 1440 g/mol. The molecule has 2 atom stereocenters. The van der Waals surface area contributed by atoms with Gasteiger partial charge in [0.2, 0.25) is 35.3 Å². The predicted molar refractivity (Wildman–Crippen MR) is 382 cm³/mol. The van der Waals surface area contributed by atoms with Crippen LogP contribution in [0.4, 0.5) is 39.2 Å². The molecule has 0 bridgehead atoms. The molecule has 3 aromatic carbocycles. The lowest BCUT2D eigenvalue weighted by Gasteiger charge is -2.39. The molecule has 8 N–H and O–H groups in total. The van der Waals surface area contributed by atoms with Crippen molar-refractivity contribution in [3.05, 3.63) is 119 Å². The van der Waals surface area contributed by atoms with Crippen LogP contribution >= 0.6 is 11.6 Å². The summed E-state index contributed by atoms with van der Waals surface area (Å²) in [5, 5.41) is 23.0. The number of hydrogen-bond acceptors (Lipinski definition) is 20. The van der Waals surface area contributed by atoms with E-state index in [0.29, 0.717) is 109 Å². The zero-order valence-corrected chi connectivity index (χ0v) is 59.8. The van der Waals surface area contributed by atoms with Crippen molar-refractivity contribution < 1.29 is 81.0 Å². The molecule has 31 nitrogen and oxygen atoms in total. The van der Waals surface area contributed by atoms with Crippen LogP contribution in [0.1, 0.15) is 104 Å². The summed E-state index contributed by atoms with van der Waals surface area (Å²) in [4.78, 5) is 112. The number of hydrogen-bond donors (Lipinski definition) is 8. The summed E-state index contributed by atoms with van der Waals surface area (Å²) in [5.74, 6) is -2.34. The number of imidazole rings is 2. The van der Waals surface area contributed by atoms with Crippen LogP contribution in [0.15, 0.2) is 91.4 Å². The van der Waals surface area contributed by atoms with E-state index in [2.05, 4.69) is 65.5 Å². The highest BCUT2D eigenvalue weighted by Crippen LogP contribution is 2.41. The molecule has 7 rings (SSSR count). The fourth-order valence-corrected chi connectivity index (χ4v) is 10.5. The van der Waals surface area contributed by atoms with E-state index in [-0.39, 0.29) is 105 Å². The van der Waals surface area contributed by atoms with Crippen LogP contribution in [-0.2, 0) is 83.0 Å². The molecule has 0 unspecified atom stereocenters. The number of amides is 8. The largest absolute Gasteiger partial charge is 0.444 e. The fraction of sp³-hybridized carbons (Fsp3) is 0.486. The molecule has 4 heterocycles. The summed E-state index contributed by atoms with van der Waals surface area (Å²) in [6, 6.07) is 22.9. The quantitative estimate of drug-likeness (QED) is 0.0181. The van der Waals surface area contributed by atoms with Gasteiger partial charge < -0.3 is 104 Å². The van der Waals surface area contributed by atoms with Crippen molar-refractivity contribution in [1.82, 2.24) is 39.6 Å². The third-order valence-electron chi connectivity index (χ3n) is 15.2. The molecule has 6 aromatic rings. The van der Waals surface area contributed by atoms with Gasteiger partial charge in [-0.3, -0.25) is 33.6 Å². The minimum Gasteiger partial charge on any atom is -0.444 e. The summed E-state index contributed by atoms with van der Waals surface area (Å²) in [7, 11) is 4.80. The summed E-state index contributed by atoms with van der Waals surface area (Å²) >= 11 is 6.13. The minimum absolute atomic E-state index is 0.000261. The fourth-order valence-electron chi connectivity index (χ4n) is 10.4.